The summed E-state index contributed by atoms with van der Waals surface area (Å²) in [5.41, 5.74) is 5.21. The molecule has 90 valence electrons. The highest BCUT2D eigenvalue weighted by Crippen LogP contribution is 2.42. The summed E-state index contributed by atoms with van der Waals surface area (Å²) in [6.45, 7) is 4.11. The summed E-state index contributed by atoms with van der Waals surface area (Å²) in [6, 6.07) is 0. The highest BCUT2D eigenvalue weighted by atomic mass is 16.5. The third-order valence-corrected chi connectivity index (χ3v) is 3.58. The Labute approximate surface area is 95.3 Å². The molecule has 1 aliphatic rings. The Balaban J connectivity index is 2.29. The van der Waals surface area contributed by atoms with E-state index in [2.05, 4.69) is 24.0 Å². The van der Waals surface area contributed by atoms with Crippen LogP contribution in [-0.4, -0.2) is 17.3 Å². The van der Waals surface area contributed by atoms with Gasteiger partial charge in [0.2, 0.25) is 11.7 Å². The molecule has 0 spiro atoms. The summed E-state index contributed by atoms with van der Waals surface area (Å²) in [6.07, 6.45) is 3.48. The zero-order valence-corrected chi connectivity index (χ0v) is 10.1. The van der Waals surface area contributed by atoms with Crippen molar-refractivity contribution in [3.8, 4) is 0 Å². The van der Waals surface area contributed by atoms with Gasteiger partial charge in [-0.05, 0) is 25.7 Å². The first-order valence-electron chi connectivity index (χ1n) is 5.79. The number of rotatable bonds is 5. The monoisotopic (exact) mass is 225 g/mol. The maximum Gasteiger partial charge on any atom is 0.246 e. The number of aromatic nitrogens is 2. The van der Waals surface area contributed by atoms with Crippen molar-refractivity contribution in [3.05, 3.63) is 11.7 Å². The second-order valence-electron chi connectivity index (χ2n) is 4.48. The van der Waals surface area contributed by atoms with Crippen LogP contribution in [0.1, 0.15) is 51.2 Å². The van der Waals surface area contributed by atoms with Crippen LogP contribution in [0.5, 0.6) is 0 Å². The molecule has 0 bridgehead atoms. The van der Waals surface area contributed by atoms with Crippen molar-refractivity contribution >= 4 is 0 Å². The molecule has 1 aromatic rings. The molecule has 2 N–H and O–H groups in total. The molecule has 0 radical (unpaired) electrons. The molecule has 16 heavy (non-hydrogen) atoms. The van der Waals surface area contributed by atoms with Gasteiger partial charge in [-0.3, -0.25) is 0 Å². The van der Waals surface area contributed by atoms with E-state index >= 15 is 0 Å². The molecule has 1 aliphatic carbocycles. The highest BCUT2D eigenvalue weighted by molar-refractivity contribution is 5.13. The van der Waals surface area contributed by atoms with Crippen molar-refractivity contribution in [2.24, 2.45) is 5.73 Å². The van der Waals surface area contributed by atoms with Gasteiger partial charge in [0.15, 0.2) is 0 Å². The number of hydrogen-bond donors (Lipinski definition) is 1. The number of ether oxygens (including phenoxy) is 1. The molecule has 1 fully saturated rings. The third-order valence-electron chi connectivity index (χ3n) is 3.58. The Kier molecular flexibility index (Phi) is 2.75. The lowest BCUT2D eigenvalue weighted by atomic mass is 9.96. The van der Waals surface area contributed by atoms with Crippen LogP contribution in [0, 0.1) is 0 Å². The van der Waals surface area contributed by atoms with Crippen molar-refractivity contribution in [3.63, 3.8) is 0 Å². The lowest BCUT2D eigenvalue weighted by molar-refractivity contribution is -0.0306. The minimum atomic E-state index is -0.438. The van der Waals surface area contributed by atoms with Crippen molar-refractivity contribution in [1.29, 1.82) is 0 Å². The number of nitrogens with two attached hydrogens (primary N) is 1. The molecule has 0 aromatic carbocycles. The molecule has 5 heteroatoms. The van der Waals surface area contributed by atoms with Crippen LogP contribution in [0.3, 0.4) is 0 Å². The molecular formula is C11H19N3O2. The minimum Gasteiger partial charge on any atom is -0.370 e. The van der Waals surface area contributed by atoms with Gasteiger partial charge in [-0.15, -0.1) is 0 Å². The van der Waals surface area contributed by atoms with Crippen molar-refractivity contribution in [1.82, 2.24) is 10.1 Å². The van der Waals surface area contributed by atoms with Crippen molar-refractivity contribution in [2.45, 2.75) is 50.7 Å². The zero-order valence-electron chi connectivity index (χ0n) is 10.1. The average molecular weight is 225 g/mol. The Morgan fingerprint density at radius 2 is 2.06 bits per heavy atom. The molecule has 1 saturated carbocycles. The Morgan fingerprint density at radius 3 is 2.50 bits per heavy atom. The topological polar surface area (TPSA) is 74.2 Å². The minimum absolute atomic E-state index is 0.369. The van der Waals surface area contributed by atoms with E-state index in [9.17, 15) is 0 Å². The van der Waals surface area contributed by atoms with Crippen LogP contribution in [-0.2, 0) is 15.9 Å². The molecule has 1 aromatic heterocycles. The number of methoxy groups -OCH3 is 1. The van der Waals surface area contributed by atoms with E-state index in [0.29, 0.717) is 11.7 Å². The smallest absolute Gasteiger partial charge is 0.246 e. The first-order valence-corrected chi connectivity index (χ1v) is 5.79. The summed E-state index contributed by atoms with van der Waals surface area (Å²) >= 11 is 0. The van der Waals surface area contributed by atoms with Gasteiger partial charge in [0.1, 0.15) is 5.60 Å². The summed E-state index contributed by atoms with van der Waals surface area (Å²) < 4.78 is 10.8. The first-order chi connectivity index (χ1) is 7.60. The lowest BCUT2D eigenvalue weighted by Crippen LogP contribution is -2.28. The fourth-order valence-electron chi connectivity index (χ4n) is 1.91. The van der Waals surface area contributed by atoms with Gasteiger partial charge in [-0.2, -0.15) is 4.98 Å². The quantitative estimate of drug-likeness (QED) is 0.825. The molecule has 1 heterocycles. The molecular weight excluding hydrogens is 206 g/mol. The van der Waals surface area contributed by atoms with E-state index in [0.717, 1.165) is 25.7 Å². The van der Waals surface area contributed by atoms with Crippen LogP contribution >= 0.6 is 0 Å². The second kappa shape index (κ2) is 3.82. The zero-order chi connectivity index (χ0) is 11.8. The van der Waals surface area contributed by atoms with Crippen molar-refractivity contribution < 1.29 is 9.26 Å². The maximum atomic E-state index is 6.01. The summed E-state index contributed by atoms with van der Waals surface area (Å²) in [4.78, 5) is 4.40. The van der Waals surface area contributed by atoms with Crippen LogP contribution in [0.25, 0.3) is 0 Å². The van der Waals surface area contributed by atoms with E-state index in [4.69, 9.17) is 15.0 Å². The van der Waals surface area contributed by atoms with Gasteiger partial charge in [0, 0.05) is 7.11 Å². The fraction of sp³-hybridized carbons (Fsp3) is 0.818. The number of hydrogen-bond acceptors (Lipinski definition) is 5. The second-order valence-corrected chi connectivity index (χ2v) is 4.48. The molecule has 0 aliphatic heterocycles. The Bertz CT molecular complexity index is 359. The van der Waals surface area contributed by atoms with E-state index in [1.165, 1.54) is 0 Å². The van der Waals surface area contributed by atoms with Gasteiger partial charge < -0.3 is 15.0 Å². The molecule has 0 atom stereocenters. The van der Waals surface area contributed by atoms with Gasteiger partial charge >= 0.3 is 0 Å². The predicted octanol–water partition coefficient (Wildman–Crippen LogP) is 1.68. The van der Waals surface area contributed by atoms with Crippen LogP contribution in [0.2, 0.25) is 0 Å². The molecule has 0 amide bonds. The standard InChI is InChI=1S/C11H19N3O2/c1-4-11(5-2,15-3)8-13-9(16-14-8)10(12)6-7-10/h4-7,12H2,1-3H3. The molecule has 0 saturated heterocycles. The van der Waals surface area contributed by atoms with Gasteiger partial charge in [-0.1, -0.05) is 19.0 Å². The van der Waals surface area contributed by atoms with Gasteiger partial charge in [0.25, 0.3) is 0 Å². The average Bonchev–Trinajstić information content (AvgIpc) is 2.86. The van der Waals surface area contributed by atoms with E-state index in [1.54, 1.807) is 7.11 Å². The lowest BCUT2D eigenvalue weighted by Gasteiger charge is -2.25. The molecule has 2 rings (SSSR count). The van der Waals surface area contributed by atoms with Crippen LogP contribution in [0.4, 0.5) is 0 Å². The number of nitrogens with zero attached hydrogens (tertiary/aromatic N) is 2. The summed E-state index contributed by atoms with van der Waals surface area (Å²) in [5.74, 6) is 1.16. The van der Waals surface area contributed by atoms with E-state index < -0.39 is 5.60 Å². The maximum absolute atomic E-state index is 6.01. The summed E-state index contributed by atoms with van der Waals surface area (Å²) in [5, 5.41) is 4.02. The fourth-order valence-corrected chi connectivity index (χ4v) is 1.91. The normalized spacial score (nSPS) is 18.8. The van der Waals surface area contributed by atoms with E-state index in [-0.39, 0.29) is 5.54 Å². The SMILES string of the molecule is CCC(CC)(OC)c1noc(C2(N)CC2)n1. The van der Waals surface area contributed by atoms with Gasteiger partial charge in [0.05, 0.1) is 5.54 Å². The van der Waals surface area contributed by atoms with Crippen LogP contribution in [0.15, 0.2) is 4.52 Å². The third kappa shape index (κ3) is 1.64. The van der Waals surface area contributed by atoms with Crippen molar-refractivity contribution in [2.75, 3.05) is 7.11 Å². The molecule has 5 nitrogen and oxygen atoms in total. The van der Waals surface area contributed by atoms with E-state index in [1.807, 2.05) is 0 Å². The highest BCUT2D eigenvalue weighted by Gasteiger charge is 2.47. The first kappa shape index (κ1) is 11.5. The Morgan fingerprint density at radius 1 is 1.44 bits per heavy atom. The molecule has 0 unspecified atom stereocenters. The van der Waals surface area contributed by atoms with Gasteiger partial charge in [-0.25, -0.2) is 0 Å². The predicted molar refractivity (Wildman–Crippen MR) is 58.7 cm³/mol. The Hall–Kier alpha value is -0.940. The largest absolute Gasteiger partial charge is 0.370 e. The summed E-state index contributed by atoms with van der Waals surface area (Å²) in [7, 11) is 1.68. The van der Waals surface area contributed by atoms with Crippen LogP contribution < -0.4 is 5.73 Å².